The van der Waals surface area contributed by atoms with Crippen LogP contribution in [0.4, 0.5) is 17.1 Å². The van der Waals surface area contributed by atoms with Crippen molar-refractivity contribution >= 4 is 40.5 Å². The summed E-state index contributed by atoms with van der Waals surface area (Å²) in [6.45, 7) is 4.00. The Balaban J connectivity index is 2.08. The Morgan fingerprint density at radius 3 is 2.32 bits per heavy atom. The number of amides is 1. The fourth-order valence-electron chi connectivity index (χ4n) is 2.24. The van der Waals surface area contributed by atoms with Gasteiger partial charge < -0.3 is 15.4 Å². The number of hydrogen-bond donors (Lipinski definition) is 2. The van der Waals surface area contributed by atoms with Gasteiger partial charge in [-0.15, -0.1) is 0 Å². The number of carbonyl (C=O) groups is 2. The average Bonchev–Trinajstić information content (AvgIpc) is 2.57. The zero-order chi connectivity index (χ0) is 18.4. The van der Waals surface area contributed by atoms with E-state index in [1.165, 1.54) is 7.11 Å². The molecule has 0 aromatic heterocycles. The molecule has 0 heterocycles. The summed E-state index contributed by atoms with van der Waals surface area (Å²) in [5.41, 5.74) is 2.52. The van der Waals surface area contributed by atoms with E-state index in [-0.39, 0.29) is 5.91 Å². The highest BCUT2D eigenvalue weighted by Gasteiger charge is 2.10. The van der Waals surface area contributed by atoms with E-state index in [4.69, 9.17) is 16.3 Å². The molecule has 25 heavy (non-hydrogen) atoms. The number of rotatable bonds is 6. The van der Waals surface area contributed by atoms with Crippen LogP contribution >= 0.6 is 11.6 Å². The van der Waals surface area contributed by atoms with Crippen molar-refractivity contribution in [2.24, 2.45) is 5.92 Å². The van der Waals surface area contributed by atoms with Crippen molar-refractivity contribution in [2.75, 3.05) is 17.7 Å². The molecule has 0 radical (unpaired) electrons. The molecule has 0 fully saturated rings. The van der Waals surface area contributed by atoms with Crippen molar-refractivity contribution in [3.8, 4) is 0 Å². The minimum absolute atomic E-state index is 0.00969. The van der Waals surface area contributed by atoms with Crippen LogP contribution in [-0.4, -0.2) is 19.0 Å². The topological polar surface area (TPSA) is 67.4 Å². The molecule has 0 aliphatic carbocycles. The Labute approximate surface area is 152 Å². The molecular formula is C19H21ClN2O3. The standard InChI is InChI=1S/C19H21ClN2O3/c1-12(2)10-18(23)22-15-7-5-14(6-8-15)21-17-11-13(19(24)25-3)4-9-16(17)20/h4-9,11-12,21H,10H2,1-3H3,(H,22,23). The van der Waals surface area contributed by atoms with Gasteiger partial charge in [0, 0.05) is 17.8 Å². The first-order valence-electron chi connectivity index (χ1n) is 7.94. The van der Waals surface area contributed by atoms with Gasteiger partial charge in [-0.1, -0.05) is 25.4 Å². The smallest absolute Gasteiger partial charge is 0.337 e. The minimum Gasteiger partial charge on any atom is -0.465 e. The van der Waals surface area contributed by atoms with Crippen molar-refractivity contribution in [1.82, 2.24) is 0 Å². The van der Waals surface area contributed by atoms with Gasteiger partial charge in [0.2, 0.25) is 5.91 Å². The lowest BCUT2D eigenvalue weighted by atomic mass is 10.1. The molecule has 2 rings (SSSR count). The molecule has 1 amide bonds. The van der Waals surface area contributed by atoms with E-state index >= 15 is 0 Å². The number of nitrogens with one attached hydrogen (secondary N) is 2. The van der Waals surface area contributed by atoms with E-state index in [2.05, 4.69) is 10.6 Å². The second-order valence-corrected chi connectivity index (χ2v) is 6.44. The van der Waals surface area contributed by atoms with Gasteiger partial charge in [0.15, 0.2) is 0 Å². The number of hydrogen-bond acceptors (Lipinski definition) is 4. The van der Waals surface area contributed by atoms with Gasteiger partial charge in [-0.05, 0) is 48.4 Å². The Kier molecular flexibility index (Phi) is 6.42. The zero-order valence-corrected chi connectivity index (χ0v) is 15.2. The fourth-order valence-corrected chi connectivity index (χ4v) is 2.41. The molecule has 132 valence electrons. The van der Waals surface area contributed by atoms with Gasteiger partial charge in [0.25, 0.3) is 0 Å². The lowest BCUT2D eigenvalue weighted by Crippen LogP contribution is -2.13. The van der Waals surface area contributed by atoms with Gasteiger partial charge in [-0.25, -0.2) is 4.79 Å². The molecule has 0 unspecified atom stereocenters. The predicted octanol–water partition coefficient (Wildman–Crippen LogP) is 4.85. The molecule has 0 spiro atoms. The van der Waals surface area contributed by atoms with Gasteiger partial charge in [0.05, 0.1) is 23.4 Å². The molecule has 2 N–H and O–H groups in total. The lowest BCUT2D eigenvalue weighted by molar-refractivity contribution is -0.116. The average molecular weight is 361 g/mol. The van der Waals surface area contributed by atoms with Gasteiger partial charge in [-0.2, -0.15) is 0 Å². The second-order valence-electron chi connectivity index (χ2n) is 6.03. The lowest BCUT2D eigenvalue weighted by Gasteiger charge is -2.11. The van der Waals surface area contributed by atoms with Crippen molar-refractivity contribution in [1.29, 1.82) is 0 Å². The van der Waals surface area contributed by atoms with Crippen LogP contribution in [0.2, 0.25) is 5.02 Å². The fraction of sp³-hybridized carbons (Fsp3) is 0.263. The summed E-state index contributed by atoms with van der Waals surface area (Å²) in [5, 5.41) is 6.49. The van der Waals surface area contributed by atoms with E-state index in [9.17, 15) is 9.59 Å². The van der Waals surface area contributed by atoms with Crippen LogP contribution in [0.15, 0.2) is 42.5 Å². The summed E-state index contributed by atoms with van der Waals surface area (Å²) in [6.07, 6.45) is 0.482. The maximum absolute atomic E-state index is 11.8. The minimum atomic E-state index is -0.428. The summed E-state index contributed by atoms with van der Waals surface area (Å²) in [7, 11) is 1.33. The highest BCUT2D eigenvalue weighted by molar-refractivity contribution is 6.33. The Morgan fingerprint density at radius 1 is 1.08 bits per heavy atom. The van der Waals surface area contributed by atoms with Crippen LogP contribution in [0.5, 0.6) is 0 Å². The number of halogens is 1. The number of ether oxygens (including phenoxy) is 1. The van der Waals surface area contributed by atoms with Crippen LogP contribution in [0.1, 0.15) is 30.6 Å². The number of esters is 1. The Hall–Kier alpha value is -2.53. The van der Waals surface area contributed by atoms with Crippen LogP contribution in [0, 0.1) is 5.92 Å². The molecule has 6 heteroatoms. The normalized spacial score (nSPS) is 10.4. The molecule has 0 saturated heterocycles. The first-order valence-corrected chi connectivity index (χ1v) is 8.31. The highest BCUT2D eigenvalue weighted by Crippen LogP contribution is 2.27. The third-order valence-corrected chi connectivity index (χ3v) is 3.76. The first-order chi connectivity index (χ1) is 11.9. The molecule has 0 saturated carbocycles. The molecule has 0 bridgehead atoms. The molecule has 2 aromatic carbocycles. The van der Waals surface area contributed by atoms with E-state index < -0.39 is 5.97 Å². The Bertz CT molecular complexity index is 758. The molecule has 5 nitrogen and oxygen atoms in total. The van der Waals surface area contributed by atoms with Crippen LogP contribution in [0.3, 0.4) is 0 Å². The molecule has 0 aliphatic rings. The van der Waals surface area contributed by atoms with E-state index in [0.29, 0.717) is 28.6 Å². The van der Waals surface area contributed by atoms with Crippen LogP contribution in [0.25, 0.3) is 0 Å². The first kappa shape index (κ1) is 18.8. The number of carbonyl (C=O) groups excluding carboxylic acids is 2. The summed E-state index contributed by atoms with van der Waals surface area (Å²) < 4.78 is 4.71. The number of benzene rings is 2. The van der Waals surface area contributed by atoms with Crippen molar-refractivity contribution < 1.29 is 14.3 Å². The van der Waals surface area contributed by atoms with Gasteiger partial charge in [-0.3, -0.25) is 4.79 Å². The van der Waals surface area contributed by atoms with Crippen molar-refractivity contribution in [2.45, 2.75) is 20.3 Å². The number of anilines is 3. The van der Waals surface area contributed by atoms with Crippen LogP contribution < -0.4 is 10.6 Å². The Morgan fingerprint density at radius 2 is 1.72 bits per heavy atom. The van der Waals surface area contributed by atoms with Crippen molar-refractivity contribution in [3.05, 3.63) is 53.1 Å². The molecule has 0 atom stereocenters. The van der Waals surface area contributed by atoms with E-state index in [0.717, 1.165) is 11.4 Å². The van der Waals surface area contributed by atoms with Gasteiger partial charge >= 0.3 is 5.97 Å². The number of methoxy groups -OCH3 is 1. The van der Waals surface area contributed by atoms with E-state index in [1.807, 2.05) is 26.0 Å². The SMILES string of the molecule is COC(=O)c1ccc(Cl)c(Nc2ccc(NC(=O)CC(C)C)cc2)c1. The molecular weight excluding hydrogens is 340 g/mol. The third kappa shape index (κ3) is 5.50. The second kappa shape index (κ2) is 8.53. The van der Waals surface area contributed by atoms with E-state index in [1.54, 1.807) is 30.3 Å². The maximum Gasteiger partial charge on any atom is 0.337 e. The molecule has 2 aromatic rings. The quantitative estimate of drug-likeness (QED) is 0.722. The largest absolute Gasteiger partial charge is 0.465 e. The summed E-state index contributed by atoms with van der Waals surface area (Å²) >= 11 is 6.17. The zero-order valence-electron chi connectivity index (χ0n) is 14.4. The predicted molar refractivity (Wildman–Crippen MR) is 101 cm³/mol. The van der Waals surface area contributed by atoms with Crippen LogP contribution in [-0.2, 0) is 9.53 Å². The van der Waals surface area contributed by atoms with Gasteiger partial charge in [0.1, 0.15) is 0 Å². The summed E-state index contributed by atoms with van der Waals surface area (Å²) in [6, 6.07) is 12.1. The van der Waals surface area contributed by atoms with Crippen molar-refractivity contribution in [3.63, 3.8) is 0 Å². The third-order valence-electron chi connectivity index (χ3n) is 3.43. The highest BCUT2D eigenvalue weighted by atomic mass is 35.5. The molecule has 0 aliphatic heterocycles. The monoisotopic (exact) mass is 360 g/mol. The summed E-state index contributed by atoms with van der Waals surface area (Å²) in [5.74, 6) is -0.127. The summed E-state index contributed by atoms with van der Waals surface area (Å²) in [4.78, 5) is 23.4. The maximum atomic E-state index is 11.8.